The van der Waals surface area contributed by atoms with E-state index in [0.29, 0.717) is 44.2 Å². The molecule has 13 nitrogen and oxygen atoms in total. The highest BCUT2D eigenvalue weighted by atomic mass is 16.5. The molecule has 1 aliphatic carbocycles. The summed E-state index contributed by atoms with van der Waals surface area (Å²) in [7, 11) is 3.06. The Kier molecular flexibility index (Phi) is 11.3. The van der Waals surface area contributed by atoms with Crippen molar-refractivity contribution < 1.29 is 23.9 Å². The van der Waals surface area contributed by atoms with Gasteiger partial charge in [0.05, 0.1) is 50.0 Å². The third kappa shape index (κ3) is 7.97. The molecule has 7 rings (SSSR count). The van der Waals surface area contributed by atoms with Crippen molar-refractivity contribution in [2.75, 3.05) is 33.8 Å². The fraction of sp³-hybridized carbons (Fsp3) is 0.357. The van der Waals surface area contributed by atoms with Crippen molar-refractivity contribution in [2.45, 2.75) is 65.3 Å². The number of fused-ring (bicyclic) bond motifs is 6. The number of aryl methyl sites for hydroxylation is 2. The molecule has 55 heavy (non-hydrogen) atoms. The number of hydrogen-bond acceptors (Lipinski definition) is 8. The van der Waals surface area contributed by atoms with Gasteiger partial charge in [0, 0.05) is 24.2 Å². The van der Waals surface area contributed by atoms with E-state index in [1.807, 2.05) is 42.2 Å². The summed E-state index contributed by atoms with van der Waals surface area (Å²) in [5.41, 5.74) is 10.1. The lowest BCUT2D eigenvalue weighted by molar-refractivity contribution is -0.134. The average molecular weight is 745 g/mol. The van der Waals surface area contributed by atoms with Crippen LogP contribution in [0.1, 0.15) is 66.8 Å². The minimum Gasteiger partial charge on any atom is -0.488 e. The Hall–Kier alpha value is -5.95. The van der Waals surface area contributed by atoms with Gasteiger partial charge >= 0.3 is 6.09 Å². The molecule has 0 bridgehead atoms. The molecule has 2 aliphatic rings. The quantitative estimate of drug-likeness (QED) is 0.109. The fourth-order valence-electron chi connectivity index (χ4n) is 7.49. The number of imidazole rings is 2. The fourth-order valence-corrected chi connectivity index (χ4v) is 7.49. The van der Waals surface area contributed by atoms with Crippen molar-refractivity contribution in [3.63, 3.8) is 0 Å². The number of hydrogen-bond donors (Lipinski definition) is 4. The topological polar surface area (TPSA) is 158 Å². The average Bonchev–Trinajstić information content (AvgIpc) is 3.86. The van der Waals surface area contributed by atoms with Crippen LogP contribution in [0.25, 0.3) is 33.6 Å². The first-order valence-corrected chi connectivity index (χ1v) is 19.0. The molecule has 5 aromatic rings. The first-order chi connectivity index (χ1) is 26.8. The lowest BCUT2D eigenvalue weighted by Gasteiger charge is -2.27. The van der Waals surface area contributed by atoms with Crippen LogP contribution in [0.3, 0.4) is 0 Å². The zero-order valence-electron chi connectivity index (χ0n) is 31.8. The predicted octanol–water partition coefficient (Wildman–Crippen LogP) is 5.92. The van der Waals surface area contributed by atoms with Gasteiger partial charge in [0.1, 0.15) is 30.0 Å². The maximum Gasteiger partial charge on any atom is 0.407 e. The van der Waals surface area contributed by atoms with Crippen molar-refractivity contribution in [3.8, 4) is 39.4 Å². The molecule has 3 heterocycles. The third-order valence-electron chi connectivity index (χ3n) is 10.1. The molecule has 0 saturated heterocycles. The lowest BCUT2D eigenvalue weighted by atomic mass is 9.86. The number of likely N-dealkylation sites (N-methyl/N-ethyl adjacent to an activating group) is 1. The standard InChI is InChI=1S/C42H48N8O5/c1-5-16-49(38(51)22-43-3)24-37-45-33-15-13-27-19-32-30-14-12-28(18-29(30)25-55-35(32)20-31(27)40(33)47-37)34-21-44-36(46-34)23-50(17-6-2)41(52)39(48-42(53)54-4)26-10-8-7-9-11-26/h7-12,14,18-21,39,43H,5-6,13,15-17,22-25H2,1-4H3,(H,44,46)(H,45,47)(H,48,53)/t39-/m1/s1. The van der Waals surface area contributed by atoms with Crippen LogP contribution >= 0.6 is 0 Å². The number of benzene rings is 3. The molecule has 2 aromatic heterocycles. The number of nitrogens with one attached hydrogen (secondary N) is 4. The van der Waals surface area contributed by atoms with Crippen LogP contribution in [0.5, 0.6) is 5.75 Å². The molecular formula is C42H48N8O5. The van der Waals surface area contributed by atoms with Crippen LogP contribution in [0.4, 0.5) is 4.79 Å². The highest BCUT2D eigenvalue weighted by Crippen LogP contribution is 2.44. The van der Waals surface area contributed by atoms with Gasteiger partial charge in [-0.3, -0.25) is 9.59 Å². The molecule has 1 atom stereocenters. The van der Waals surface area contributed by atoms with Gasteiger partial charge in [-0.1, -0.05) is 56.3 Å². The Bertz CT molecular complexity index is 2180. The van der Waals surface area contributed by atoms with Gasteiger partial charge < -0.3 is 39.9 Å². The van der Waals surface area contributed by atoms with Crippen molar-refractivity contribution >= 4 is 17.9 Å². The molecule has 3 amide bonds. The lowest BCUT2D eigenvalue weighted by Crippen LogP contribution is -2.43. The number of methoxy groups -OCH3 is 1. The Morgan fingerprint density at radius 1 is 0.891 bits per heavy atom. The van der Waals surface area contributed by atoms with E-state index in [0.717, 1.165) is 82.2 Å². The molecule has 286 valence electrons. The number of carbonyl (C=O) groups excluding carboxylic acids is 3. The van der Waals surface area contributed by atoms with E-state index in [9.17, 15) is 14.4 Å². The number of amides is 3. The summed E-state index contributed by atoms with van der Waals surface area (Å²) in [4.78, 5) is 58.8. The highest BCUT2D eigenvalue weighted by molar-refractivity contribution is 5.87. The normalized spacial score (nSPS) is 13.0. The summed E-state index contributed by atoms with van der Waals surface area (Å²) in [6.07, 6.45) is 4.41. The number of nitrogens with zero attached hydrogens (tertiary/aromatic N) is 4. The molecule has 0 spiro atoms. The molecule has 0 radical (unpaired) electrons. The van der Waals surface area contributed by atoms with Gasteiger partial charge in [-0.2, -0.15) is 0 Å². The number of rotatable bonds is 14. The Morgan fingerprint density at radius 3 is 2.44 bits per heavy atom. The van der Waals surface area contributed by atoms with Crippen molar-refractivity contribution in [3.05, 3.63) is 101 Å². The minimum atomic E-state index is -0.899. The van der Waals surface area contributed by atoms with Gasteiger partial charge in [0.25, 0.3) is 0 Å². The van der Waals surface area contributed by atoms with Crippen LogP contribution in [0, 0.1) is 0 Å². The van der Waals surface area contributed by atoms with E-state index in [1.54, 1.807) is 18.1 Å². The SMILES string of the molecule is CCCN(Cc1nc2c([nH]1)-c1cc3c(cc1CC2)-c1ccc(-c2cnc(CN(CCC)C(=O)[C@H](NC(=O)OC)c4ccccc4)[nH]2)cc1CO3)C(=O)CNC. The first-order valence-electron chi connectivity index (χ1n) is 19.0. The molecule has 0 saturated carbocycles. The van der Waals surface area contributed by atoms with Gasteiger partial charge in [-0.15, -0.1) is 0 Å². The number of aromatic nitrogens is 4. The van der Waals surface area contributed by atoms with Crippen LogP contribution < -0.4 is 15.4 Å². The van der Waals surface area contributed by atoms with E-state index in [2.05, 4.69) is 62.8 Å². The van der Waals surface area contributed by atoms with E-state index >= 15 is 0 Å². The molecule has 0 fully saturated rings. The summed E-state index contributed by atoms with van der Waals surface area (Å²) < 4.78 is 11.2. The molecule has 3 aromatic carbocycles. The zero-order valence-corrected chi connectivity index (χ0v) is 31.8. The second-order valence-electron chi connectivity index (χ2n) is 14.0. The number of H-pyrrole nitrogens is 2. The molecule has 1 aliphatic heterocycles. The van der Waals surface area contributed by atoms with Crippen molar-refractivity contribution in [1.82, 2.24) is 40.4 Å². The van der Waals surface area contributed by atoms with E-state index in [-0.39, 0.29) is 18.4 Å². The van der Waals surface area contributed by atoms with Crippen molar-refractivity contribution in [1.29, 1.82) is 0 Å². The zero-order chi connectivity index (χ0) is 38.5. The third-order valence-corrected chi connectivity index (χ3v) is 10.1. The minimum absolute atomic E-state index is 0.0607. The molecule has 0 unspecified atom stereocenters. The molecule has 13 heteroatoms. The maximum absolute atomic E-state index is 13.9. The Balaban J connectivity index is 1.09. The van der Waals surface area contributed by atoms with Gasteiger partial charge in [-0.25, -0.2) is 14.8 Å². The maximum atomic E-state index is 13.9. The number of alkyl carbamates (subject to hydrolysis) is 1. The number of carbonyl (C=O) groups is 3. The van der Waals surface area contributed by atoms with Crippen LogP contribution in [-0.4, -0.2) is 81.4 Å². The number of aromatic amines is 2. The monoisotopic (exact) mass is 744 g/mol. The van der Waals surface area contributed by atoms with Gasteiger partial charge in [0.15, 0.2) is 0 Å². The summed E-state index contributed by atoms with van der Waals surface area (Å²) in [5.74, 6) is 2.08. The Labute approximate surface area is 320 Å². The summed E-state index contributed by atoms with van der Waals surface area (Å²) in [6, 6.07) is 19.0. The predicted molar refractivity (Wildman–Crippen MR) is 209 cm³/mol. The smallest absolute Gasteiger partial charge is 0.407 e. The summed E-state index contributed by atoms with van der Waals surface area (Å²) >= 11 is 0. The summed E-state index contributed by atoms with van der Waals surface area (Å²) in [5, 5.41) is 5.66. The van der Waals surface area contributed by atoms with E-state index in [1.165, 1.54) is 12.7 Å². The molecule has 4 N–H and O–H groups in total. The van der Waals surface area contributed by atoms with Gasteiger partial charge in [-0.05, 0) is 78.7 Å². The highest BCUT2D eigenvalue weighted by Gasteiger charge is 2.29. The van der Waals surface area contributed by atoms with Crippen LogP contribution in [0.15, 0.2) is 66.9 Å². The molecular weight excluding hydrogens is 697 g/mol. The Morgan fingerprint density at radius 2 is 1.67 bits per heavy atom. The van der Waals surface area contributed by atoms with E-state index in [4.69, 9.17) is 14.5 Å². The number of ether oxygens (including phenoxy) is 2. The van der Waals surface area contributed by atoms with Gasteiger partial charge in [0.2, 0.25) is 11.8 Å². The second kappa shape index (κ2) is 16.6. The van der Waals surface area contributed by atoms with Crippen LogP contribution in [0.2, 0.25) is 0 Å². The van der Waals surface area contributed by atoms with Crippen LogP contribution in [-0.2, 0) is 46.9 Å². The largest absolute Gasteiger partial charge is 0.488 e. The van der Waals surface area contributed by atoms with Crippen molar-refractivity contribution in [2.24, 2.45) is 0 Å². The van der Waals surface area contributed by atoms with E-state index < -0.39 is 12.1 Å². The second-order valence-corrected chi connectivity index (χ2v) is 14.0. The first kappa shape index (κ1) is 37.4. The summed E-state index contributed by atoms with van der Waals surface area (Å²) in [6.45, 7) is 6.66.